The van der Waals surface area contributed by atoms with E-state index in [4.69, 9.17) is 52.6 Å². The molecule has 0 aliphatic carbocycles. The molecule has 0 unspecified atom stereocenters. The molecule has 0 fully saturated rings. The first-order valence-corrected chi connectivity index (χ1v) is 14.4. The summed E-state index contributed by atoms with van der Waals surface area (Å²) in [5.41, 5.74) is 7.15. The van der Waals surface area contributed by atoms with Gasteiger partial charge in [0.15, 0.2) is 5.75 Å². The maximum atomic E-state index is 12.5. The van der Waals surface area contributed by atoms with E-state index in [-0.39, 0.29) is 52.6 Å². The van der Waals surface area contributed by atoms with Crippen LogP contribution in [0.5, 0.6) is 23.0 Å². The third kappa shape index (κ3) is 11.0. The molecule has 46 heavy (non-hydrogen) atoms. The van der Waals surface area contributed by atoms with Crippen molar-refractivity contribution >= 4 is 41.0 Å². The number of amides is 1. The minimum atomic E-state index is -4.80. The van der Waals surface area contributed by atoms with Crippen LogP contribution < -0.4 is 30.0 Å². The second-order valence-electron chi connectivity index (χ2n) is 10.8. The molecule has 0 aliphatic heterocycles. The average molecular weight is 690 g/mol. The summed E-state index contributed by atoms with van der Waals surface area (Å²) >= 11 is 13.0. The first-order chi connectivity index (χ1) is 21.5. The predicted molar refractivity (Wildman–Crippen MR) is 165 cm³/mol. The molecule has 0 saturated heterocycles. The first kappa shape index (κ1) is 36.2. The van der Waals surface area contributed by atoms with Crippen LogP contribution in [-0.2, 0) is 33.9 Å². The van der Waals surface area contributed by atoms with Gasteiger partial charge < -0.3 is 39.5 Å². The molecular formula is C31H33Cl2F3N2O8. The van der Waals surface area contributed by atoms with Crippen molar-refractivity contribution in [2.75, 3.05) is 20.0 Å². The lowest BCUT2D eigenvalue weighted by Gasteiger charge is -2.23. The minimum absolute atomic E-state index is 0.0145. The number of alkyl carbamates (subject to hydrolysis) is 1. The van der Waals surface area contributed by atoms with Crippen molar-refractivity contribution in [3.63, 3.8) is 0 Å². The van der Waals surface area contributed by atoms with Gasteiger partial charge in [0.25, 0.3) is 0 Å². The number of carbonyl (C=O) groups excluding carboxylic acids is 2. The van der Waals surface area contributed by atoms with E-state index >= 15 is 0 Å². The van der Waals surface area contributed by atoms with E-state index in [0.29, 0.717) is 22.4 Å². The zero-order valence-corrected chi connectivity index (χ0v) is 27.1. The van der Waals surface area contributed by atoms with Gasteiger partial charge in [-0.3, -0.25) is 0 Å². The number of nitrogen functional groups attached to an aromatic ring is 1. The Kier molecular flexibility index (Phi) is 12.1. The molecule has 1 atom stereocenters. The van der Waals surface area contributed by atoms with E-state index in [1.807, 2.05) is 0 Å². The molecule has 0 spiro atoms. The molecular weight excluding hydrogens is 656 g/mol. The van der Waals surface area contributed by atoms with Crippen LogP contribution in [-0.4, -0.2) is 44.3 Å². The number of benzene rings is 3. The highest BCUT2D eigenvalue weighted by molar-refractivity contribution is 6.37. The lowest BCUT2D eigenvalue weighted by molar-refractivity contribution is -0.274. The van der Waals surface area contributed by atoms with E-state index in [2.05, 4.69) is 10.1 Å². The molecule has 10 nitrogen and oxygen atoms in total. The van der Waals surface area contributed by atoms with Gasteiger partial charge >= 0.3 is 18.4 Å². The molecule has 1 amide bonds. The molecule has 3 rings (SSSR count). The number of halogens is 5. The number of esters is 1. The summed E-state index contributed by atoms with van der Waals surface area (Å²) in [5.74, 6) is -0.291. The number of ether oxygens (including phenoxy) is 6. The Morgan fingerprint density at radius 2 is 1.48 bits per heavy atom. The van der Waals surface area contributed by atoms with Crippen molar-refractivity contribution in [1.82, 2.24) is 5.32 Å². The van der Waals surface area contributed by atoms with Crippen LogP contribution in [0.4, 0.5) is 23.7 Å². The zero-order valence-electron chi connectivity index (χ0n) is 25.6. The Morgan fingerprint density at radius 3 is 2.02 bits per heavy atom. The van der Waals surface area contributed by atoms with Crippen LogP contribution in [0.1, 0.15) is 37.5 Å². The number of rotatable bonds is 12. The van der Waals surface area contributed by atoms with E-state index in [9.17, 15) is 22.8 Å². The van der Waals surface area contributed by atoms with Crippen LogP contribution in [0.3, 0.4) is 0 Å². The number of nitrogens with one attached hydrogen (secondary N) is 1. The van der Waals surface area contributed by atoms with Crippen LogP contribution >= 0.6 is 23.2 Å². The highest BCUT2D eigenvalue weighted by Crippen LogP contribution is 2.38. The summed E-state index contributed by atoms with van der Waals surface area (Å²) in [4.78, 5) is 24.7. The Labute approximate surface area is 273 Å². The SMILES string of the molecule is COC(=O)[C@H](Cc1cc(Cl)c(OCc2cc(OC)cc(N)c2OCc2ccc(OC(F)(F)F)cc2)c(Cl)c1)NC(=O)OC(C)(C)C. The molecule has 3 aromatic carbocycles. The van der Waals surface area contributed by atoms with Gasteiger partial charge in [-0.1, -0.05) is 35.3 Å². The van der Waals surface area contributed by atoms with E-state index in [1.165, 1.54) is 56.7 Å². The fraction of sp³-hybridized carbons (Fsp3) is 0.355. The van der Waals surface area contributed by atoms with E-state index < -0.39 is 30.1 Å². The van der Waals surface area contributed by atoms with Crippen LogP contribution in [0.25, 0.3) is 0 Å². The summed E-state index contributed by atoms with van der Waals surface area (Å²) in [7, 11) is 2.64. The molecule has 3 N–H and O–H groups in total. The number of hydrogen-bond donors (Lipinski definition) is 2. The maximum Gasteiger partial charge on any atom is 0.573 e. The zero-order chi connectivity index (χ0) is 34.2. The largest absolute Gasteiger partial charge is 0.573 e. The first-order valence-electron chi connectivity index (χ1n) is 13.6. The van der Waals surface area contributed by atoms with Gasteiger partial charge in [0.1, 0.15) is 42.1 Å². The van der Waals surface area contributed by atoms with Gasteiger partial charge in [-0.2, -0.15) is 0 Å². The number of methoxy groups -OCH3 is 2. The van der Waals surface area contributed by atoms with Gasteiger partial charge in [0.2, 0.25) is 0 Å². The number of nitrogens with two attached hydrogens (primary N) is 1. The number of anilines is 1. The van der Waals surface area contributed by atoms with E-state index in [0.717, 1.165) is 0 Å². The topological polar surface area (TPSA) is 128 Å². The highest BCUT2D eigenvalue weighted by Gasteiger charge is 2.31. The molecule has 250 valence electrons. The van der Waals surface area contributed by atoms with Crippen molar-refractivity contribution in [3.05, 3.63) is 75.3 Å². The fourth-order valence-electron chi connectivity index (χ4n) is 4.07. The minimum Gasteiger partial charge on any atom is -0.497 e. The number of hydrogen-bond acceptors (Lipinski definition) is 9. The standard InChI is InChI=1S/C31H33Cl2F3N2O8/c1-30(2,3)46-29(40)38-25(28(39)42-5)12-18-10-22(32)27(23(33)11-18)44-16-19-13-21(41-4)14-24(37)26(19)43-15-17-6-8-20(9-7-17)45-31(34,35)36/h6-11,13-14,25H,12,15-16,37H2,1-5H3,(H,38,40)/t25-/m0/s1. The van der Waals surface area contributed by atoms with Crippen molar-refractivity contribution in [2.24, 2.45) is 0 Å². The van der Waals surface area contributed by atoms with Crippen LogP contribution in [0, 0.1) is 0 Å². The molecule has 15 heteroatoms. The molecule has 0 bridgehead atoms. The van der Waals surface area contributed by atoms with Crippen molar-refractivity contribution in [2.45, 2.75) is 58.4 Å². The Morgan fingerprint density at radius 1 is 0.870 bits per heavy atom. The number of alkyl halides is 3. The second kappa shape index (κ2) is 15.4. The Hall–Kier alpha value is -4.23. The molecule has 0 heterocycles. The fourth-order valence-corrected chi connectivity index (χ4v) is 4.71. The summed E-state index contributed by atoms with van der Waals surface area (Å²) in [5, 5.41) is 2.72. The molecule has 0 saturated carbocycles. The van der Waals surface area contributed by atoms with Crippen molar-refractivity contribution in [1.29, 1.82) is 0 Å². The molecule has 0 aliphatic rings. The van der Waals surface area contributed by atoms with Gasteiger partial charge in [-0.25, -0.2) is 9.59 Å². The van der Waals surface area contributed by atoms with Crippen molar-refractivity contribution < 1.29 is 51.2 Å². The van der Waals surface area contributed by atoms with Crippen LogP contribution in [0.15, 0.2) is 48.5 Å². The summed E-state index contributed by atoms with van der Waals surface area (Å²) in [6.07, 6.45) is -5.62. The summed E-state index contributed by atoms with van der Waals surface area (Å²) in [6.45, 7) is 4.90. The smallest absolute Gasteiger partial charge is 0.497 e. The second-order valence-corrected chi connectivity index (χ2v) is 11.6. The quantitative estimate of drug-likeness (QED) is 0.149. The van der Waals surface area contributed by atoms with Crippen LogP contribution in [0.2, 0.25) is 10.0 Å². The molecule has 0 aromatic heterocycles. The maximum absolute atomic E-state index is 12.5. The Balaban J connectivity index is 1.77. The lowest BCUT2D eigenvalue weighted by atomic mass is 10.1. The van der Waals surface area contributed by atoms with Crippen molar-refractivity contribution in [3.8, 4) is 23.0 Å². The third-order valence-corrected chi connectivity index (χ3v) is 6.55. The number of carbonyl (C=O) groups is 2. The molecule has 3 aromatic rings. The summed E-state index contributed by atoms with van der Waals surface area (Å²) in [6, 6.07) is 10.3. The lowest BCUT2D eigenvalue weighted by Crippen LogP contribution is -2.45. The normalized spacial score (nSPS) is 12.1. The monoisotopic (exact) mass is 688 g/mol. The predicted octanol–water partition coefficient (Wildman–Crippen LogP) is 7.25. The Bertz CT molecular complexity index is 1510. The highest BCUT2D eigenvalue weighted by atomic mass is 35.5. The van der Waals surface area contributed by atoms with E-state index in [1.54, 1.807) is 26.8 Å². The molecule has 0 radical (unpaired) electrons. The summed E-state index contributed by atoms with van der Waals surface area (Å²) < 4.78 is 68.6. The van der Waals surface area contributed by atoms with Gasteiger partial charge in [-0.05, 0) is 62.2 Å². The van der Waals surface area contributed by atoms with Gasteiger partial charge in [0, 0.05) is 18.1 Å². The third-order valence-electron chi connectivity index (χ3n) is 5.99. The average Bonchev–Trinajstić information content (AvgIpc) is 2.94. The van der Waals surface area contributed by atoms with Gasteiger partial charge in [-0.15, -0.1) is 13.2 Å². The van der Waals surface area contributed by atoms with Gasteiger partial charge in [0.05, 0.1) is 30.0 Å².